The van der Waals surface area contributed by atoms with E-state index in [9.17, 15) is 18.0 Å². The van der Waals surface area contributed by atoms with E-state index in [2.05, 4.69) is 10.2 Å². The number of carboxylic acid groups (broad SMARTS) is 1. The van der Waals surface area contributed by atoms with Crippen molar-refractivity contribution >= 4 is 22.4 Å². The summed E-state index contributed by atoms with van der Waals surface area (Å²) in [6.07, 6.45) is -3.80. The van der Waals surface area contributed by atoms with Crippen LogP contribution in [-0.4, -0.2) is 58.9 Å². The molecule has 1 aromatic heterocycles. The SMILES string of the molecule is O=C(O)CN1CCCN(c2nnc(C(F)(F)F)s2)CC1. The Morgan fingerprint density at radius 3 is 2.60 bits per heavy atom. The van der Waals surface area contributed by atoms with Gasteiger partial charge in [0.05, 0.1) is 6.54 Å². The molecule has 0 radical (unpaired) electrons. The average Bonchev–Trinajstić information content (AvgIpc) is 2.72. The van der Waals surface area contributed by atoms with Crippen molar-refractivity contribution in [2.45, 2.75) is 12.6 Å². The highest BCUT2D eigenvalue weighted by Crippen LogP contribution is 2.34. The van der Waals surface area contributed by atoms with Crippen LogP contribution in [0.1, 0.15) is 11.4 Å². The standard InChI is InChI=1S/C10H13F3N4O2S/c11-10(12,13)8-14-15-9(20-8)17-3-1-2-16(4-5-17)6-7(18)19/h1-6H2,(H,18,19). The maximum absolute atomic E-state index is 12.5. The highest BCUT2D eigenvalue weighted by molar-refractivity contribution is 7.15. The van der Waals surface area contributed by atoms with E-state index in [4.69, 9.17) is 5.11 Å². The molecule has 0 aliphatic carbocycles. The lowest BCUT2D eigenvalue weighted by Gasteiger charge is -2.19. The van der Waals surface area contributed by atoms with Crippen molar-refractivity contribution in [1.29, 1.82) is 0 Å². The van der Waals surface area contributed by atoms with Crippen molar-refractivity contribution in [3.63, 3.8) is 0 Å². The van der Waals surface area contributed by atoms with Crippen LogP contribution in [0.3, 0.4) is 0 Å². The fourth-order valence-corrected chi connectivity index (χ4v) is 2.73. The minimum absolute atomic E-state index is 0.0578. The summed E-state index contributed by atoms with van der Waals surface area (Å²) >= 11 is 0.515. The van der Waals surface area contributed by atoms with Gasteiger partial charge in [-0.1, -0.05) is 11.3 Å². The molecular formula is C10H13F3N4O2S. The van der Waals surface area contributed by atoms with Crippen LogP contribution < -0.4 is 4.90 Å². The van der Waals surface area contributed by atoms with Gasteiger partial charge in [0.1, 0.15) is 0 Å². The number of alkyl halides is 3. The summed E-state index contributed by atoms with van der Waals surface area (Å²) < 4.78 is 37.4. The van der Waals surface area contributed by atoms with Crippen molar-refractivity contribution in [2.24, 2.45) is 0 Å². The molecule has 112 valence electrons. The van der Waals surface area contributed by atoms with Gasteiger partial charge in [0.2, 0.25) is 10.1 Å². The molecule has 1 aliphatic rings. The third-order valence-electron chi connectivity index (χ3n) is 2.87. The molecule has 1 aliphatic heterocycles. The van der Waals surface area contributed by atoms with Gasteiger partial charge >= 0.3 is 12.1 Å². The van der Waals surface area contributed by atoms with E-state index < -0.39 is 17.2 Å². The predicted molar refractivity (Wildman–Crippen MR) is 65.8 cm³/mol. The number of aromatic nitrogens is 2. The Balaban J connectivity index is 2.00. The number of rotatable bonds is 3. The molecule has 6 nitrogen and oxygen atoms in total. The minimum atomic E-state index is -4.48. The Morgan fingerprint density at radius 2 is 2.00 bits per heavy atom. The molecule has 0 bridgehead atoms. The molecule has 0 spiro atoms. The van der Waals surface area contributed by atoms with Crippen molar-refractivity contribution in [1.82, 2.24) is 15.1 Å². The van der Waals surface area contributed by atoms with Crippen LogP contribution in [0, 0.1) is 0 Å². The molecule has 1 saturated heterocycles. The highest BCUT2D eigenvalue weighted by atomic mass is 32.1. The fraction of sp³-hybridized carbons (Fsp3) is 0.700. The van der Waals surface area contributed by atoms with Crippen molar-refractivity contribution in [3.05, 3.63) is 5.01 Å². The summed E-state index contributed by atoms with van der Waals surface area (Å²) in [6, 6.07) is 0. The topological polar surface area (TPSA) is 69.6 Å². The molecule has 0 unspecified atom stereocenters. The zero-order chi connectivity index (χ0) is 14.8. The summed E-state index contributed by atoms with van der Waals surface area (Å²) in [5.41, 5.74) is 0. The Hall–Kier alpha value is -1.42. The Morgan fingerprint density at radius 1 is 1.25 bits per heavy atom. The van der Waals surface area contributed by atoms with Crippen LogP contribution in [0.15, 0.2) is 0 Å². The molecule has 10 heteroatoms. The zero-order valence-electron chi connectivity index (χ0n) is 10.4. The average molecular weight is 310 g/mol. The van der Waals surface area contributed by atoms with Crippen LogP contribution >= 0.6 is 11.3 Å². The van der Waals surface area contributed by atoms with Crippen LogP contribution in [-0.2, 0) is 11.0 Å². The van der Waals surface area contributed by atoms with E-state index in [0.717, 1.165) is 0 Å². The van der Waals surface area contributed by atoms with Gasteiger partial charge in [0.15, 0.2) is 0 Å². The lowest BCUT2D eigenvalue weighted by atomic mass is 10.4. The van der Waals surface area contributed by atoms with Crippen molar-refractivity contribution in [2.75, 3.05) is 37.6 Å². The van der Waals surface area contributed by atoms with E-state index in [1.165, 1.54) is 0 Å². The molecule has 20 heavy (non-hydrogen) atoms. The molecular weight excluding hydrogens is 297 g/mol. The molecule has 1 N–H and O–H groups in total. The van der Waals surface area contributed by atoms with Gasteiger partial charge in [0, 0.05) is 26.2 Å². The van der Waals surface area contributed by atoms with Gasteiger partial charge in [0.25, 0.3) is 0 Å². The number of halogens is 3. The first-order valence-corrected chi connectivity index (χ1v) is 6.77. The van der Waals surface area contributed by atoms with Crippen LogP contribution in [0.2, 0.25) is 0 Å². The highest BCUT2D eigenvalue weighted by Gasteiger charge is 2.36. The Labute approximate surface area is 116 Å². The predicted octanol–water partition coefficient (Wildman–Crippen LogP) is 1.15. The van der Waals surface area contributed by atoms with E-state index in [1.807, 2.05) is 0 Å². The van der Waals surface area contributed by atoms with Crippen LogP contribution in [0.25, 0.3) is 0 Å². The number of hydrogen-bond donors (Lipinski definition) is 1. The van der Waals surface area contributed by atoms with E-state index in [0.29, 0.717) is 43.9 Å². The maximum Gasteiger partial charge on any atom is 0.445 e. The zero-order valence-corrected chi connectivity index (χ0v) is 11.2. The molecule has 0 atom stereocenters. The van der Waals surface area contributed by atoms with Crippen molar-refractivity contribution < 1.29 is 23.1 Å². The second-order valence-corrected chi connectivity index (χ2v) is 5.35. The van der Waals surface area contributed by atoms with E-state index >= 15 is 0 Å². The first-order chi connectivity index (χ1) is 9.36. The lowest BCUT2D eigenvalue weighted by molar-refractivity contribution is -0.139. The summed E-state index contributed by atoms with van der Waals surface area (Å²) in [6.45, 7) is 2.01. The largest absolute Gasteiger partial charge is 0.480 e. The molecule has 1 fully saturated rings. The van der Waals surface area contributed by atoms with Gasteiger partial charge in [-0.3, -0.25) is 9.69 Å². The minimum Gasteiger partial charge on any atom is -0.480 e. The maximum atomic E-state index is 12.5. The third kappa shape index (κ3) is 3.79. The first kappa shape index (κ1) is 15.0. The normalized spacial score (nSPS) is 18.1. The summed E-state index contributed by atoms with van der Waals surface area (Å²) in [5, 5.41) is 14.7. The number of nitrogens with zero attached hydrogens (tertiary/aromatic N) is 4. The van der Waals surface area contributed by atoms with Crippen LogP contribution in [0.5, 0.6) is 0 Å². The molecule has 1 aromatic rings. The molecule has 0 aromatic carbocycles. The van der Waals surface area contributed by atoms with Gasteiger partial charge < -0.3 is 10.0 Å². The number of anilines is 1. The van der Waals surface area contributed by atoms with E-state index in [-0.39, 0.29) is 11.7 Å². The molecule has 0 amide bonds. The second-order valence-electron chi connectivity index (χ2n) is 4.40. The van der Waals surface area contributed by atoms with E-state index in [1.54, 1.807) is 9.80 Å². The number of hydrogen-bond acceptors (Lipinski definition) is 6. The third-order valence-corrected chi connectivity index (χ3v) is 3.90. The monoisotopic (exact) mass is 310 g/mol. The quantitative estimate of drug-likeness (QED) is 0.903. The van der Waals surface area contributed by atoms with Gasteiger partial charge in [-0.25, -0.2) is 0 Å². The van der Waals surface area contributed by atoms with Gasteiger partial charge in [-0.15, -0.1) is 10.2 Å². The number of carbonyl (C=O) groups is 1. The number of carboxylic acids is 1. The lowest BCUT2D eigenvalue weighted by Crippen LogP contribution is -2.34. The van der Waals surface area contributed by atoms with Gasteiger partial charge in [-0.2, -0.15) is 13.2 Å². The fourth-order valence-electron chi connectivity index (χ4n) is 1.97. The van der Waals surface area contributed by atoms with Crippen LogP contribution in [0.4, 0.5) is 18.3 Å². The summed E-state index contributed by atoms with van der Waals surface area (Å²) in [5.74, 6) is -0.909. The summed E-state index contributed by atoms with van der Waals surface area (Å²) in [7, 11) is 0. The smallest absolute Gasteiger partial charge is 0.445 e. The van der Waals surface area contributed by atoms with Gasteiger partial charge in [-0.05, 0) is 6.42 Å². The number of aliphatic carboxylic acids is 1. The second kappa shape index (κ2) is 5.92. The molecule has 2 heterocycles. The summed E-state index contributed by atoms with van der Waals surface area (Å²) in [4.78, 5) is 14.1. The Kier molecular flexibility index (Phi) is 4.43. The van der Waals surface area contributed by atoms with Crippen molar-refractivity contribution in [3.8, 4) is 0 Å². The first-order valence-electron chi connectivity index (χ1n) is 5.96. The molecule has 2 rings (SSSR count). The molecule has 0 saturated carbocycles. The Bertz CT molecular complexity index is 479.